The Kier molecular flexibility index (Phi) is 6.76. The SMILES string of the molecule is COc1ccc(NCC(=O)Nc2ccc(OCc3ccc(Cl)cc3)cc2)cc1. The normalized spacial score (nSPS) is 10.2. The molecular formula is C22H21ClN2O3. The van der Waals surface area contributed by atoms with E-state index in [9.17, 15) is 4.79 Å². The van der Waals surface area contributed by atoms with Crippen LogP contribution in [0.15, 0.2) is 72.8 Å². The maximum atomic E-state index is 12.1. The van der Waals surface area contributed by atoms with E-state index < -0.39 is 0 Å². The molecule has 0 aromatic heterocycles. The van der Waals surface area contributed by atoms with Crippen molar-refractivity contribution in [3.05, 3.63) is 83.4 Å². The summed E-state index contributed by atoms with van der Waals surface area (Å²) in [6.07, 6.45) is 0. The molecule has 0 heterocycles. The number of amides is 1. The molecule has 0 saturated heterocycles. The molecule has 3 rings (SSSR count). The Morgan fingerprint density at radius 2 is 1.46 bits per heavy atom. The van der Waals surface area contributed by atoms with Gasteiger partial charge < -0.3 is 20.1 Å². The summed E-state index contributed by atoms with van der Waals surface area (Å²) in [7, 11) is 1.61. The number of nitrogens with one attached hydrogen (secondary N) is 2. The topological polar surface area (TPSA) is 59.6 Å². The molecule has 0 aliphatic carbocycles. The summed E-state index contributed by atoms with van der Waals surface area (Å²) < 4.78 is 10.8. The molecule has 2 N–H and O–H groups in total. The number of carbonyl (C=O) groups excluding carboxylic acids is 1. The Hall–Kier alpha value is -3.18. The van der Waals surface area contributed by atoms with Crippen LogP contribution in [0.25, 0.3) is 0 Å². The third kappa shape index (κ3) is 5.93. The number of rotatable bonds is 8. The van der Waals surface area contributed by atoms with Gasteiger partial charge >= 0.3 is 0 Å². The lowest BCUT2D eigenvalue weighted by atomic mass is 10.2. The number of hydrogen-bond donors (Lipinski definition) is 2. The Labute approximate surface area is 169 Å². The van der Waals surface area contributed by atoms with Crippen LogP contribution in [0.3, 0.4) is 0 Å². The summed E-state index contributed by atoms with van der Waals surface area (Å²) >= 11 is 5.87. The van der Waals surface area contributed by atoms with Crippen molar-refractivity contribution in [3.8, 4) is 11.5 Å². The number of anilines is 2. The number of benzene rings is 3. The highest BCUT2D eigenvalue weighted by atomic mass is 35.5. The van der Waals surface area contributed by atoms with Gasteiger partial charge in [-0.05, 0) is 66.2 Å². The van der Waals surface area contributed by atoms with Gasteiger partial charge in [0.2, 0.25) is 5.91 Å². The molecule has 0 aliphatic rings. The van der Waals surface area contributed by atoms with Crippen molar-refractivity contribution in [2.45, 2.75) is 6.61 Å². The molecule has 3 aromatic rings. The lowest BCUT2D eigenvalue weighted by Crippen LogP contribution is -2.21. The van der Waals surface area contributed by atoms with Crippen LogP contribution in [0.4, 0.5) is 11.4 Å². The molecular weight excluding hydrogens is 376 g/mol. The first-order valence-electron chi connectivity index (χ1n) is 8.77. The lowest BCUT2D eigenvalue weighted by molar-refractivity contribution is -0.114. The van der Waals surface area contributed by atoms with Gasteiger partial charge in [-0.1, -0.05) is 23.7 Å². The van der Waals surface area contributed by atoms with Crippen LogP contribution in [0, 0.1) is 0 Å². The maximum Gasteiger partial charge on any atom is 0.243 e. The zero-order chi connectivity index (χ0) is 19.8. The Bertz CT molecular complexity index is 895. The van der Waals surface area contributed by atoms with E-state index in [4.69, 9.17) is 21.1 Å². The van der Waals surface area contributed by atoms with Gasteiger partial charge in [0, 0.05) is 16.4 Å². The predicted octanol–water partition coefficient (Wildman–Crippen LogP) is 4.98. The molecule has 6 heteroatoms. The van der Waals surface area contributed by atoms with E-state index >= 15 is 0 Å². The highest BCUT2D eigenvalue weighted by Gasteiger charge is 2.03. The summed E-state index contributed by atoms with van der Waals surface area (Å²) in [5, 5.41) is 6.61. The highest BCUT2D eigenvalue weighted by Crippen LogP contribution is 2.18. The molecule has 0 spiro atoms. The quantitative estimate of drug-likeness (QED) is 0.563. The largest absolute Gasteiger partial charge is 0.497 e. The van der Waals surface area contributed by atoms with E-state index in [0.717, 1.165) is 22.7 Å². The minimum Gasteiger partial charge on any atom is -0.497 e. The molecule has 0 atom stereocenters. The smallest absolute Gasteiger partial charge is 0.243 e. The molecule has 28 heavy (non-hydrogen) atoms. The van der Waals surface area contributed by atoms with Crippen LogP contribution in [0.5, 0.6) is 11.5 Å². The van der Waals surface area contributed by atoms with E-state index in [0.29, 0.717) is 17.3 Å². The molecule has 144 valence electrons. The Balaban J connectivity index is 1.45. The number of halogens is 1. The first-order valence-corrected chi connectivity index (χ1v) is 9.15. The van der Waals surface area contributed by atoms with E-state index in [2.05, 4.69) is 10.6 Å². The standard InChI is InChI=1S/C22H21ClN2O3/c1-27-20-10-6-18(7-11-20)24-14-22(26)25-19-8-12-21(13-9-19)28-15-16-2-4-17(23)5-3-16/h2-13,24H,14-15H2,1H3,(H,25,26). The first kappa shape index (κ1) is 19.6. The monoisotopic (exact) mass is 396 g/mol. The summed E-state index contributed by atoms with van der Waals surface area (Å²) in [5.41, 5.74) is 2.59. The van der Waals surface area contributed by atoms with Gasteiger partial charge in [-0.2, -0.15) is 0 Å². The van der Waals surface area contributed by atoms with Crippen molar-refractivity contribution in [3.63, 3.8) is 0 Å². The molecule has 0 bridgehead atoms. The van der Waals surface area contributed by atoms with Gasteiger partial charge in [-0.3, -0.25) is 4.79 Å². The second-order valence-corrected chi connectivity index (χ2v) is 6.51. The number of ether oxygens (including phenoxy) is 2. The summed E-state index contributed by atoms with van der Waals surface area (Å²) in [6.45, 7) is 0.621. The van der Waals surface area contributed by atoms with Crippen molar-refractivity contribution in [1.29, 1.82) is 0 Å². The van der Waals surface area contributed by atoms with E-state index in [1.165, 1.54) is 0 Å². The van der Waals surface area contributed by atoms with Crippen LogP contribution in [-0.2, 0) is 11.4 Å². The molecule has 3 aromatic carbocycles. The van der Waals surface area contributed by atoms with E-state index in [1.807, 2.05) is 72.8 Å². The second kappa shape index (κ2) is 9.67. The molecule has 0 unspecified atom stereocenters. The van der Waals surface area contributed by atoms with Gasteiger partial charge in [-0.15, -0.1) is 0 Å². The number of hydrogen-bond acceptors (Lipinski definition) is 4. The van der Waals surface area contributed by atoms with Crippen LogP contribution >= 0.6 is 11.6 Å². The molecule has 5 nitrogen and oxygen atoms in total. The van der Waals surface area contributed by atoms with E-state index in [-0.39, 0.29) is 12.5 Å². The van der Waals surface area contributed by atoms with Gasteiger partial charge in [-0.25, -0.2) is 0 Å². The minimum absolute atomic E-state index is 0.134. The summed E-state index contributed by atoms with van der Waals surface area (Å²) in [6, 6.07) is 22.2. The molecule has 1 amide bonds. The third-order valence-corrected chi connectivity index (χ3v) is 4.25. The minimum atomic E-state index is -0.134. The van der Waals surface area contributed by atoms with Crippen LogP contribution in [-0.4, -0.2) is 19.6 Å². The third-order valence-electron chi connectivity index (χ3n) is 4.00. The second-order valence-electron chi connectivity index (χ2n) is 6.07. The Morgan fingerprint density at radius 3 is 2.11 bits per heavy atom. The number of methoxy groups -OCH3 is 1. The summed E-state index contributed by atoms with van der Waals surface area (Å²) in [4.78, 5) is 12.1. The molecule has 0 radical (unpaired) electrons. The van der Waals surface area contributed by atoms with Crippen LogP contribution in [0.2, 0.25) is 5.02 Å². The molecule has 0 fully saturated rings. The molecule has 0 aliphatic heterocycles. The van der Waals surface area contributed by atoms with Gasteiger partial charge in [0.15, 0.2) is 0 Å². The lowest BCUT2D eigenvalue weighted by Gasteiger charge is -2.10. The van der Waals surface area contributed by atoms with Crippen molar-refractivity contribution in [2.24, 2.45) is 0 Å². The number of carbonyl (C=O) groups is 1. The zero-order valence-electron chi connectivity index (χ0n) is 15.4. The summed E-state index contributed by atoms with van der Waals surface area (Å²) in [5.74, 6) is 1.36. The fourth-order valence-corrected chi connectivity index (χ4v) is 2.60. The van der Waals surface area contributed by atoms with Crippen molar-refractivity contribution in [1.82, 2.24) is 0 Å². The fourth-order valence-electron chi connectivity index (χ4n) is 2.48. The van der Waals surface area contributed by atoms with Gasteiger partial charge in [0.05, 0.1) is 13.7 Å². The molecule has 0 saturated carbocycles. The predicted molar refractivity (Wildman–Crippen MR) is 112 cm³/mol. The zero-order valence-corrected chi connectivity index (χ0v) is 16.2. The first-order chi connectivity index (χ1) is 13.6. The highest BCUT2D eigenvalue weighted by molar-refractivity contribution is 6.30. The fraction of sp³-hybridized carbons (Fsp3) is 0.136. The van der Waals surface area contributed by atoms with Gasteiger partial charge in [0.1, 0.15) is 18.1 Å². The average molecular weight is 397 g/mol. The van der Waals surface area contributed by atoms with Crippen molar-refractivity contribution < 1.29 is 14.3 Å². The Morgan fingerprint density at radius 1 is 0.857 bits per heavy atom. The maximum absolute atomic E-state index is 12.1. The van der Waals surface area contributed by atoms with Crippen molar-refractivity contribution >= 4 is 28.9 Å². The van der Waals surface area contributed by atoms with Crippen LogP contribution in [0.1, 0.15) is 5.56 Å². The van der Waals surface area contributed by atoms with E-state index in [1.54, 1.807) is 7.11 Å². The van der Waals surface area contributed by atoms with Crippen LogP contribution < -0.4 is 20.1 Å². The van der Waals surface area contributed by atoms with Crippen molar-refractivity contribution in [2.75, 3.05) is 24.3 Å². The average Bonchev–Trinajstić information content (AvgIpc) is 2.73. The van der Waals surface area contributed by atoms with Gasteiger partial charge in [0.25, 0.3) is 0 Å².